The number of likely N-dealkylation sites (N-methyl/N-ethyl adjacent to an activating group) is 1. The lowest BCUT2D eigenvalue weighted by molar-refractivity contribution is -0.124. The number of halogens is 2. The molecule has 1 unspecified atom stereocenters. The van der Waals surface area contributed by atoms with Crippen LogP contribution in [0.3, 0.4) is 0 Å². The summed E-state index contributed by atoms with van der Waals surface area (Å²) in [7, 11) is 4.56. The van der Waals surface area contributed by atoms with Crippen LogP contribution in [0, 0.1) is 17.7 Å². The van der Waals surface area contributed by atoms with Gasteiger partial charge in [-0.2, -0.15) is 0 Å². The maximum Gasteiger partial charge on any atom is 0.294 e. The van der Waals surface area contributed by atoms with E-state index in [1.807, 2.05) is 24.0 Å². The monoisotopic (exact) mass is 541 g/mol. The Labute approximate surface area is 227 Å². The number of rotatable bonds is 7. The molecule has 1 aromatic heterocycles. The number of carbonyl (C=O) groups is 3. The Morgan fingerprint density at radius 2 is 1.79 bits per heavy atom. The van der Waals surface area contributed by atoms with Crippen molar-refractivity contribution < 1.29 is 23.5 Å². The number of hydrogen-bond donors (Lipinski definition) is 0. The Morgan fingerprint density at radius 3 is 2.42 bits per heavy atom. The van der Waals surface area contributed by atoms with Gasteiger partial charge in [0.2, 0.25) is 0 Å². The van der Waals surface area contributed by atoms with E-state index in [4.69, 9.17) is 16.3 Å². The van der Waals surface area contributed by atoms with Crippen molar-refractivity contribution in [2.45, 2.75) is 39.5 Å². The molecule has 1 aliphatic rings. The average molecular weight is 542 g/mol. The molecule has 0 radical (unpaired) electrons. The quantitative estimate of drug-likeness (QED) is 0.310. The molecule has 0 saturated carbocycles. The fourth-order valence-corrected chi connectivity index (χ4v) is 5.54. The van der Waals surface area contributed by atoms with Crippen molar-refractivity contribution in [3.05, 3.63) is 70.1 Å². The predicted octanol–water partition coefficient (Wildman–Crippen LogP) is 5.04. The molecule has 38 heavy (non-hydrogen) atoms. The first-order chi connectivity index (χ1) is 18.0. The van der Waals surface area contributed by atoms with Gasteiger partial charge in [0.05, 0.1) is 21.7 Å². The van der Waals surface area contributed by atoms with E-state index in [0.29, 0.717) is 23.4 Å². The Bertz CT molecular complexity index is 1370. The van der Waals surface area contributed by atoms with Gasteiger partial charge in [-0.1, -0.05) is 30.7 Å². The van der Waals surface area contributed by atoms with Gasteiger partial charge in [0.1, 0.15) is 12.5 Å². The number of nitrogens with zero attached hydrogens (tertiary/aromatic N) is 3. The van der Waals surface area contributed by atoms with Gasteiger partial charge < -0.3 is 19.1 Å². The first-order valence-electron chi connectivity index (χ1n) is 12.6. The SMILES string of the molecule is COCn1cc(C(=O)C(=O)N(C)C)c2cc(C(=O)N3C[C@H](C)C(Cc4ccc(F)cc4)C[C@H]3C)c(Cl)cc21. The zero-order valence-electron chi connectivity index (χ0n) is 22.3. The van der Waals surface area contributed by atoms with Crippen LogP contribution in [0.15, 0.2) is 42.6 Å². The molecule has 0 bridgehead atoms. The van der Waals surface area contributed by atoms with Crippen LogP contribution in [-0.2, 0) is 22.7 Å². The second kappa shape index (κ2) is 11.3. The number of methoxy groups -OCH3 is 1. The summed E-state index contributed by atoms with van der Waals surface area (Å²) in [6.07, 6.45) is 3.18. The molecule has 1 aliphatic heterocycles. The van der Waals surface area contributed by atoms with Crippen molar-refractivity contribution in [2.75, 3.05) is 27.7 Å². The predicted molar refractivity (Wildman–Crippen MR) is 145 cm³/mol. The zero-order valence-corrected chi connectivity index (χ0v) is 23.1. The third-order valence-corrected chi connectivity index (χ3v) is 7.76. The minimum atomic E-state index is -0.667. The third kappa shape index (κ3) is 5.47. The number of Topliss-reactive ketones (excluding diaryl/α,β-unsaturated/α-hetero) is 1. The molecule has 2 amide bonds. The average Bonchev–Trinajstić information content (AvgIpc) is 3.22. The number of likely N-dealkylation sites (tertiary alicyclic amines) is 1. The molecular weight excluding hydrogens is 509 g/mol. The summed E-state index contributed by atoms with van der Waals surface area (Å²) < 4.78 is 20.3. The van der Waals surface area contributed by atoms with Crippen LogP contribution < -0.4 is 0 Å². The standard InChI is InChI=1S/C29H33ClFN3O4/c1-17-14-34(18(2)10-20(17)11-19-6-8-21(31)9-7-19)28(36)23-12-22-24(27(35)29(37)32(3)4)15-33(16-38-5)26(22)13-25(23)30/h6-9,12-13,15,17-18,20H,10-11,14,16H2,1-5H3/t17-,18+,20?/m0/s1. The highest BCUT2D eigenvalue weighted by molar-refractivity contribution is 6.45. The van der Waals surface area contributed by atoms with E-state index in [-0.39, 0.29) is 46.6 Å². The summed E-state index contributed by atoms with van der Waals surface area (Å²) in [5.74, 6) is -1.22. The maximum absolute atomic E-state index is 13.8. The van der Waals surface area contributed by atoms with E-state index in [0.717, 1.165) is 18.4 Å². The van der Waals surface area contributed by atoms with Crippen molar-refractivity contribution >= 4 is 40.1 Å². The molecule has 1 fully saturated rings. The maximum atomic E-state index is 13.8. The summed E-state index contributed by atoms with van der Waals surface area (Å²) >= 11 is 6.63. The molecule has 3 atom stereocenters. The van der Waals surface area contributed by atoms with E-state index in [1.165, 1.54) is 38.2 Å². The lowest BCUT2D eigenvalue weighted by atomic mass is 9.79. The van der Waals surface area contributed by atoms with Crippen LogP contribution in [0.25, 0.3) is 10.9 Å². The summed E-state index contributed by atoms with van der Waals surface area (Å²) in [5.41, 5.74) is 2.16. The van der Waals surface area contributed by atoms with Crippen LogP contribution in [0.4, 0.5) is 4.39 Å². The van der Waals surface area contributed by atoms with Crippen LogP contribution in [0.2, 0.25) is 5.02 Å². The minimum absolute atomic E-state index is 0.0366. The van der Waals surface area contributed by atoms with Crippen LogP contribution >= 0.6 is 11.6 Å². The van der Waals surface area contributed by atoms with Gasteiger partial charge in [0, 0.05) is 45.4 Å². The van der Waals surface area contributed by atoms with Gasteiger partial charge in [0.25, 0.3) is 17.6 Å². The molecule has 9 heteroatoms. The number of piperidine rings is 1. The molecule has 2 aromatic carbocycles. The molecule has 4 rings (SSSR count). The molecule has 7 nitrogen and oxygen atoms in total. The van der Waals surface area contributed by atoms with E-state index in [9.17, 15) is 18.8 Å². The Hall–Kier alpha value is -3.23. The molecule has 0 spiro atoms. The number of amides is 2. The third-order valence-electron chi connectivity index (χ3n) is 7.45. The molecule has 1 saturated heterocycles. The van der Waals surface area contributed by atoms with E-state index >= 15 is 0 Å². The van der Waals surface area contributed by atoms with Crippen LogP contribution in [0.1, 0.15) is 46.5 Å². The van der Waals surface area contributed by atoms with Crippen LogP contribution in [0.5, 0.6) is 0 Å². The number of benzene rings is 2. The summed E-state index contributed by atoms with van der Waals surface area (Å²) in [5, 5.41) is 0.742. The summed E-state index contributed by atoms with van der Waals surface area (Å²) in [6, 6.07) is 9.81. The number of fused-ring (bicyclic) bond motifs is 1. The smallest absolute Gasteiger partial charge is 0.294 e. The lowest BCUT2D eigenvalue weighted by Crippen LogP contribution is -2.48. The fraction of sp³-hybridized carbons (Fsp3) is 0.414. The highest BCUT2D eigenvalue weighted by Crippen LogP contribution is 2.34. The van der Waals surface area contributed by atoms with E-state index < -0.39 is 11.7 Å². The zero-order chi connectivity index (χ0) is 27.7. The molecule has 202 valence electrons. The number of aromatic nitrogens is 1. The highest BCUT2D eigenvalue weighted by Gasteiger charge is 2.35. The first kappa shape index (κ1) is 27.8. The van der Waals surface area contributed by atoms with Gasteiger partial charge in [-0.25, -0.2) is 4.39 Å². The van der Waals surface area contributed by atoms with Gasteiger partial charge in [0.15, 0.2) is 0 Å². The molecular formula is C29H33ClFN3O4. The first-order valence-corrected chi connectivity index (χ1v) is 13.0. The van der Waals surface area contributed by atoms with Crippen molar-refractivity contribution in [1.82, 2.24) is 14.4 Å². The van der Waals surface area contributed by atoms with Gasteiger partial charge in [-0.05, 0) is 61.4 Å². The molecule has 3 aromatic rings. The second-order valence-electron chi connectivity index (χ2n) is 10.4. The topological polar surface area (TPSA) is 71.8 Å². The molecule has 0 aliphatic carbocycles. The van der Waals surface area contributed by atoms with Crippen molar-refractivity contribution in [3.8, 4) is 0 Å². The van der Waals surface area contributed by atoms with Crippen LogP contribution in [-0.4, -0.2) is 65.8 Å². The summed E-state index contributed by atoms with van der Waals surface area (Å²) in [4.78, 5) is 42.3. The number of ether oxygens (including phenoxy) is 1. The Balaban J connectivity index is 1.63. The normalized spacial score (nSPS) is 19.6. The molecule has 2 heterocycles. The second-order valence-corrected chi connectivity index (χ2v) is 10.8. The van der Waals surface area contributed by atoms with Crippen molar-refractivity contribution in [1.29, 1.82) is 0 Å². The largest absolute Gasteiger partial charge is 0.364 e. The van der Waals surface area contributed by atoms with Crippen molar-refractivity contribution in [2.24, 2.45) is 11.8 Å². The van der Waals surface area contributed by atoms with E-state index in [1.54, 1.807) is 22.9 Å². The van der Waals surface area contributed by atoms with Gasteiger partial charge in [-0.15, -0.1) is 0 Å². The number of hydrogen-bond acceptors (Lipinski definition) is 4. The summed E-state index contributed by atoms with van der Waals surface area (Å²) in [6.45, 7) is 4.85. The number of ketones is 1. The van der Waals surface area contributed by atoms with E-state index in [2.05, 4.69) is 6.92 Å². The van der Waals surface area contributed by atoms with Gasteiger partial charge in [-0.3, -0.25) is 14.4 Å². The highest BCUT2D eigenvalue weighted by atomic mass is 35.5. The Kier molecular flexibility index (Phi) is 8.23. The fourth-order valence-electron chi connectivity index (χ4n) is 5.30. The lowest BCUT2D eigenvalue weighted by Gasteiger charge is -2.42. The minimum Gasteiger partial charge on any atom is -0.364 e. The van der Waals surface area contributed by atoms with Crippen molar-refractivity contribution in [3.63, 3.8) is 0 Å². The Morgan fingerprint density at radius 1 is 1.11 bits per heavy atom. The molecule has 0 N–H and O–H groups in total. The van der Waals surface area contributed by atoms with Gasteiger partial charge >= 0.3 is 0 Å². The number of carbonyl (C=O) groups excluding carboxylic acids is 3.